The zero-order chi connectivity index (χ0) is 12.2. The number of aromatic nitrogens is 3. The first kappa shape index (κ1) is 13.1. The smallest absolute Gasteiger partial charge is 0.140 e. The van der Waals surface area contributed by atoms with Crippen LogP contribution in [-0.4, -0.2) is 46.8 Å². The second kappa shape index (κ2) is 5.41. The van der Waals surface area contributed by atoms with E-state index in [1.807, 2.05) is 7.05 Å². The van der Waals surface area contributed by atoms with Gasteiger partial charge in [-0.3, -0.25) is 4.68 Å². The lowest BCUT2D eigenvalue weighted by Crippen LogP contribution is -2.37. The van der Waals surface area contributed by atoms with Crippen LogP contribution in [0.25, 0.3) is 0 Å². The van der Waals surface area contributed by atoms with Crippen molar-refractivity contribution in [2.45, 2.75) is 20.4 Å². The monoisotopic (exact) mass is 225 g/mol. The van der Waals surface area contributed by atoms with Gasteiger partial charge in [-0.2, -0.15) is 5.10 Å². The van der Waals surface area contributed by atoms with Gasteiger partial charge in [-0.1, -0.05) is 13.8 Å². The number of hydrogen-bond donors (Lipinski definition) is 1. The Labute approximate surface area is 97.9 Å². The van der Waals surface area contributed by atoms with E-state index in [4.69, 9.17) is 0 Å². The molecule has 5 nitrogen and oxygen atoms in total. The topological polar surface area (TPSA) is 46.0 Å². The molecule has 1 aromatic rings. The highest BCUT2D eigenvalue weighted by molar-refractivity contribution is 4.83. The molecule has 0 aliphatic rings. The van der Waals surface area contributed by atoms with E-state index < -0.39 is 0 Å². The van der Waals surface area contributed by atoms with E-state index in [0.717, 1.165) is 25.5 Å². The average molecular weight is 225 g/mol. The summed E-state index contributed by atoms with van der Waals surface area (Å²) in [5.74, 6) is 0.973. The average Bonchev–Trinajstić information content (AvgIpc) is 2.49. The van der Waals surface area contributed by atoms with Crippen molar-refractivity contribution in [1.82, 2.24) is 25.0 Å². The Balaban J connectivity index is 2.32. The van der Waals surface area contributed by atoms with Crippen LogP contribution in [0, 0.1) is 5.41 Å². The summed E-state index contributed by atoms with van der Waals surface area (Å²) in [5.41, 5.74) is 0.266. The number of nitrogens with zero attached hydrogens (tertiary/aromatic N) is 4. The highest BCUT2D eigenvalue weighted by atomic mass is 15.3. The van der Waals surface area contributed by atoms with Crippen molar-refractivity contribution < 1.29 is 0 Å². The molecule has 1 rings (SSSR count). The molecule has 0 bridgehead atoms. The molecule has 0 atom stereocenters. The van der Waals surface area contributed by atoms with Crippen LogP contribution in [0.4, 0.5) is 0 Å². The molecule has 16 heavy (non-hydrogen) atoms. The van der Waals surface area contributed by atoms with Crippen LogP contribution in [0.5, 0.6) is 0 Å². The third-order valence-electron chi connectivity index (χ3n) is 2.44. The van der Waals surface area contributed by atoms with Gasteiger partial charge in [0.15, 0.2) is 0 Å². The number of nitrogens with one attached hydrogen (secondary N) is 1. The first-order chi connectivity index (χ1) is 7.41. The molecule has 0 saturated heterocycles. The Morgan fingerprint density at radius 3 is 2.62 bits per heavy atom. The van der Waals surface area contributed by atoms with Crippen molar-refractivity contribution in [3.05, 3.63) is 12.2 Å². The fourth-order valence-corrected chi connectivity index (χ4v) is 1.90. The minimum absolute atomic E-state index is 0.266. The van der Waals surface area contributed by atoms with E-state index in [2.05, 4.69) is 48.2 Å². The molecule has 5 heteroatoms. The van der Waals surface area contributed by atoms with Gasteiger partial charge in [0.25, 0.3) is 0 Å². The summed E-state index contributed by atoms with van der Waals surface area (Å²) in [6, 6.07) is 0. The fourth-order valence-electron chi connectivity index (χ4n) is 1.90. The molecule has 0 aliphatic carbocycles. The van der Waals surface area contributed by atoms with E-state index in [1.165, 1.54) is 0 Å². The van der Waals surface area contributed by atoms with E-state index in [0.29, 0.717) is 0 Å². The Hall–Kier alpha value is -0.940. The number of hydrogen-bond acceptors (Lipinski definition) is 4. The van der Waals surface area contributed by atoms with E-state index in [-0.39, 0.29) is 5.41 Å². The van der Waals surface area contributed by atoms with E-state index in [9.17, 15) is 0 Å². The van der Waals surface area contributed by atoms with Crippen molar-refractivity contribution in [3.63, 3.8) is 0 Å². The molecule has 0 fully saturated rings. The molecule has 1 heterocycles. The van der Waals surface area contributed by atoms with Crippen molar-refractivity contribution >= 4 is 0 Å². The van der Waals surface area contributed by atoms with Gasteiger partial charge in [0.2, 0.25) is 0 Å². The second-order valence-corrected chi connectivity index (χ2v) is 5.31. The van der Waals surface area contributed by atoms with Crippen molar-refractivity contribution in [1.29, 1.82) is 0 Å². The first-order valence-corrected chi connectivity index (χ1v) is 5.59. The van der Waals surface area contributed by atoms with Crippen LogP contribution < -0.4 is 5.32 Å². The molecule has 0 radical (unpaired) electrons. The summed E-state index contributed by atoms with van der Waals surface area (Å²) in [6.07, 6.45) is 1.59. The predicted octanol–water partition coefficient (Wildman–Crippen LogP) is 0.492. The lowest BCUT2D eigenvalue weighted by Gasteiger charge is -2.28. The highest BCUT2D eigenvalue weighted by Gasteiger charge is 2.18. The first-order valence-electron chi connectivity index (χ1n) is 5.59. The molecule has 92 valence electrons. The summed E-state index contributed by atoms with van der Waals surface area (Å²) in [6.45, 7) is 7.33. The molecule has 0 aliphatic heterocycles. The molecule has 0 saturated carbocycles. The minimum atomic E-state index is 0.266. The number of aryl methyl sites for hydroxylation is 1. The maximum atomic E-state index is 4.18. The van der Waals surface area contributed by atoms with Crippen LogP contribution in [0.3, 0.4) is 0 Å². The normalized spacial score (nSPS) is 12.4. The summed E-state index contributed by atoms with van der Waals surface area (Å²) < 4.78 is 1.80. The SMILES string of the molecule is CN(C)CC(C)(C)CNCc1ncnn1C. The van der Waals surface area contributed by atoms with Gasteiger partial charge in [-0.05, 0) is 19.5 Å². The molecule has 0 amide bonds. The Kier molecular flexibility index (Phi) is 4.44. The van der Waals surface area contributed by atoms with Crippen LogP contribution in [-0.2, 0) is 13.6 Å². The van der Waals surface area contributed by atoms with E-state index >= 15 is 0 Å². The van der Waals surface area contributed by atoms with Crippen LogP contribution in [0.2, 0.25) is 0 Å². The fraction of sp³-hybridized carbons (Fsp3) is 0.818. The minimum Gasteiger partial charge on any atom is -0.309 e. The maximum Gasteiger partial charge on any atom is 0.140 e. The van der Waals surface area contributed by atoms with Crippen LogP contribution in [0.15, 0.2) is 6.33 Å². The molecule has 1 N–H and O–H groups in total. The lowest BCUT2D eigenvalue weighted by atomic mass is 9.93. The standard InChI is InChI=1S/C11H23N5/c1-11(2,8-15(3)4)7-12-6-10-13-9-14-16(10)5/h9,12H,6-8H2,1-5H3. The molecule has 0 unspecified atom stereocenters. The molecule has 1 aromatic heterocycles. The zero-order valence-electron chi connectivity index (χ0n) is 11.0. The van der Waals surface area contributed by atoms with Crippen molar-refractivity contribution in [3.8, 4) is 0 Å². The van der Waals surface area contributed by atoms with Gasteiger partial charge in [-0.25, -0.2) is 4.98 Å². The van der Waals surface area contributed by atoms with Gasteiger partial charge in [0.1, 0.15) is 12.2 Å². The summed E-state index contributed by atoms with van der Waals surface area (Å²) in [7, 11) is 6.11. The summed E-state index contributed by atoms with van der Waals surface area (Å²) in [5, 5.41) is 7.46. The van der Waals surface area contributed by atoms with Crippen LogP contribution in [0.1, 0.15) is 19.7 Å². The molecular weight excluding hydrogens is 202 g/mol. The maximum absolute atomic E-state index is 4.18. The van der Waals surface area contributed by atoms with E-state index in [1.54, 1.807) is 11.0 Å². The summed E-state index contributed by atoms with van der Waals surface area (Å²) >= 11 is 0. The van der Waals surface area contributed by atoms with Gasteiger partial charge in [0.05, 0.1) is 6.54 Å². The third kappa shape index (κ3) is 4.28. The zero-order valence-corrected chi connectivity index (χ0v) is 11.0. The van der Waals surface area contributed by atoms with Gasteiger partial charge < -0.3 is 10.2 Å². The van der Waals surface area contributed by atoms with Gasteiger partial charge >= 0.3 is 0 Å². The Morgan fingerprint density at radius 2 is 2.12 bits per heavy atom. The van der Waals surface area contributed by atoms with Crippen LogP contribution >= 0.6 is 0 Å². The van der Waals surface area contributed by atoms with Gasteiger partial charge in [0, 0.05) is 20.1 Å². The summed E-state index contributed by atoms with van der Waals surface area (Å²) in [4.78, 5) is 6.39. The lowest BCUT2D eigenvalue weighted by molar-refractivity contribution is 0.231. The van der Waals surface area contributed by atoms with Gasteiger partial charge in [-0.15, -0.1) is 0 Å². The van der Waals surface area contributed by atoms with Crippen molar-refractivity contribution in [2.75, 3.05) is 27.2 Å². The quantitative estimate of drug-likeness (QED) is 0.765. The number of rotatable bonds is 6. The van der Waals surface area contributed by atoms with Crippen molar-refractivity contribution in [2.24, 2.45) is 12.5 Å². The molecular formula is C11H23N5. The predicted molar refractivity (Wildman–Crippen MR) is 65.0 cm³/mol. The third-order valence-corrected chi connectivity index (χ3v) is 2.44. The second-order valence-electron chi connectivity index (χ2n) is 5.31. The molecule has 0 spiro atoms. The Bertz CT molecular complexity index is 316. The highest BCUT2D eigenvalue weighted by Crippen LogP contribution is 2.14. The molecule has 0 aromatic carbocycles. The Morgan fingerprint density at radius 1 is 1.44 bits per heavy atom. The largest absolute Gasteiger partial charge is 0.309 e.